The topological polar surface area (TPSA) is 85.8 Å². The van der Waals surface area contributed by atoms with Crippen LogP contribution in [-0.2, 0) is 10.2 Å². The van der Waals surface area contributed by atoms with Gasteiger partial charge in [-0.1, -0.05) is 74.5 Å². The van der Waals surface area contributed by atoms with Crippen molar-refractivity contribution in [1.29, 1.82) is 0 Å². The van der Waals surface area contributed by atoms with E-state index in [9.17, 15) is 4.79 Å². The van der Waals surface area contributed by atoms with Crippen molar-refractivity contribution >= 4 is 35.0 Å². The highest BCUT2D eigenvalue weighted by molar-refractivity contribution is 7.99. The fourth-order valence-corrected chi connectivity index (χ4v) is 3.61. The standard InChI is InChI=1S/C20H22ClN5OS/c1-20(2,3)15-9-4-5-10-16(15)23-17(27)12-28-19-25-24-18(26(19)22)13-7-6-8-14(21)11-13/h4-11H,12,22H2,1-3H3,(H,23,27). The molecule has 0 unspecified atom stereocenters. The number of amides is 1. The Bertz CT molecular complexity index is 996. The van der Waals surface area contributed by atoms with E-state index in [1.54, 1.807) is 12.1 Å². The van der Waals surface area contributed by atoms with Gasteiger partial charge in [0.2, 0.25) is 11.1 Å². The Morgan fingerprint density at radius 1 is 1.18 bits per heavy atom. The van der Waals surface area contributed by atoms with E-state index >= 15 is 0 Å². The van der Waals surface area contributed by atoms with Gasteiger partial charge in [-0.05, 0) is 29.2 Å². The van der Waals surface area contributed by atoms with Gasteiger partial charge in [-0.15, -0.1) is 10.2 Å². The molecule has 3 N–H and O–H groups in total. The number of nitrogens with one attached hydrogen (secondary N) is 1. The van der Waals surface area contributed by atoms with Crippen LogP contribution in [0.4, 0.5) is 5.69 Å². The highest BCUT2D eigenvalue weighted by atomic mass is 35.5. The Hall–Kier alpha value is -2.51. The summed E-state index contributed by atoms with van der Waals surface area (Å²) in [5, 5.41) is 12.2. The molecule has 0 spiro atoms. The summed E-state index contributed by atoms with van der Waals surface area (Å²) in [6.07, 6.45) is 0. The van der Waals surface area contributed by atoms with Gasteiger partial charge in [0.05, 0.1) is 5.75 Å². The number of carbonyl (C=O) groups excluding carboxylic acids is 1. The minimum Gasteiger partial charge on any atom is -0.335 e. The second-order valence-electron chi connectivity index (χ2n) is 7.32. The van der Waals surface area contributed by atoms with Crippen LogP contribution in [0.15, 0.2) is 53.7 Å². The van der Waals surface area contributed by atoms with Gasteiger partial charge in [0.15, 0.2) is 5.82 Å². The van der Waals surface area contributed by atoms with Gasteiger partial charge in [-0.2, -0.15) is 0 Å². The summed E-state index contributed by atoms with van der Waals surface area (Å²) < 4.78 is 1.37. The number of rotatable bonds is 5. The first-order valence-electron chi connectivity index (χ1n) is 8.74. The number of aromatic nitrogens is 3. The molecule has 0 radical (unpaired) electrons. The summed E-state index contributed by atoms with van der Waals surface area (Å²) >= 11 is 7.25. The van der Waals surface area contributed by atoms with Gasteiger partial charge >= 0.3 is 0 Å². The van der Waals surface area contributed by atoms with Crippen LogP contribution in [0.2, 0.25) is 5.02 Å². The molecule has 1 heterocycles. The molecule has 146 valence electrons. The van der Waals surface area contributed by atoms with Crippen LogP contribution >= 0.6 is 23.4 Å². The third-order valence-corrected chi connectivity index (χ3v) is 5.27. The molecule has 0 aliphatic carbocycles. The zero-order valence-electron chi connectivity index (χ0n) is 15.9. The molecule has 0 aliphatic heterocycles. The Morgan fingerprint density at radius 3 is 2.64 bits per heavy atom. The van der Waals surface area contributed by atoms with Gasteiger partial charge < -0.3 is 11.2 Å². The third kappa shape index (κ3) is 4.66. The van der Waals surface area contributed by atoms with E-state index in [0.717, 1.165) is 16.8 Å². The van der Waals surface area contributed by atoms with Crippen molar-refractivity contribution in [1.82, 2.24) is 14.9 Å². The molecule has 8 heteroatoms. The molecule has 0 saturated heterocycles. The molecule has 1 aromatic heterocycles. The van der Waals surface area contributed by atoms with E-state index in [1.165, 1.54) is 16.4 Å². The van der Waals surface area contributed by atoms with Gasteiger partial charge in [-0.25, -0.2) is 4.68 Å². The molecule has 1 amide bonds. The van der Waals surface area contributed by atoms with Crippen molar-refractivity contribution in [2.24, 2.45) is 0 Å². The van der Waals surface area contributed by atoms with E-state index < -0.39 is 0 Å². The van der Waals surface area contributed by atoms with E-state index in [2.05, 4.69) is 36.3 Å². The zero-order valence-corrected chi connectivity index (χ0v) is 17.5. The summed E-state index contributed by atoms with van der Waals surface area (Å²) in [5.41, 5.74) is 2.59. The van der Waals surface area contributed by atoms with Crippen LogP contribution < -0.4 is 11.2 Å². The van der Waals surface area contributed by atoms with Crippen molar-refractivity contribution in [2.75, 3.05) is 16.9 Å². The number of benzene rings is 2. The third-order valence-electron chi connectivity index (χ3n) is 4.09. The Morgan fingerprint density at radius 2 is 1.93 bits per heavy atom. The van der Waals surface area contributed by atoms with Gasteiger partial charge in [-0.3, -0.25) is 4.79 Å². The molecule has 6 nitrogen and oxygen atoms in total. The van der Waals surface area contributed by atoms with Crippen LogP contribution in [0.1, 0.15) is 26.3 Å². The second-order valence-corrected chi connectivity index (χ2v) is 8.70. The number of halogens is 1. The number of carbonyl (C=O) groups is 1. The summed E-state index contributed by atoms with van der Waals surface area (Å²) in [6.45, 7) is 6.34. The Labute approximate surface area is 173 Å². The lowest BCUT2D eigenvalue weighted by Crippen LogP contribution is -2.20. The normalized spacial score (nSPS) is 11.4. The number of anilines is 1. The lowest BCUT2D eigenvalue weighted by Gasteiger charge is -2.22. The number of para-hydroxylation sites is 1. The molecule has 2 aromatic carbocycles. The number of nitrogens with two attached hydrogens (primary N) is 1. The summed E-state index contributed by atoms with van der Waals surface area (Å²) in [4.78, 5) is 12.5. The van der Waals surface area contributed by atoms with E-state index in [1.807, 2.05) is 36.4 Å². The molecule has 28 heavy (non-hydrogen) atoms. The number of hydrogen-bond acceptors (Lipinski definition) is 5. The maximum absolute atomic E-state index is 12.5. The van der Waals surface area contributed by atoms with Gasteiger partial charge in [0, 0.05) is 16.3 Å². The fraction of sp³-hybridized carbons (Fsp3) is 0.250. The van der Waals surface area contributed by atoms with Gasteiger partial charge in [0.25, 0.3) is 0 Å². The van der Waals surface area contributed by atoms with Crippen LogP contribution in [0.25, 0.3) is 11.4 Å². The highest BCUT2D eigenvalue weighted by Gasteiger charge is 2.19. The molecule has 3 aromatic rings. The van der Waals surface area contributed by atoms with Gasteiger partial charge in [0.1, 0.15) is 0 Å². The zero-order chi connectivity index (χ0) is 20.3. The maximum atomic E-state index is 12.5. The quantitative estimate of drug-likeness (QED) is 0.478. The number of nitrogens with zero attached hydrogens (tertiary/aromatic N) is 3. The highest BCUT2D eigenvalue weighted by Crippen LogP contribution is 2.29. The van der Waals surface area contributed by atoms with Crippen molar-refractivity contribution in [3.8, 4) is 11.4 Å². The van der Waals surface area contributed by atoms with Crippen molar-refractivity contribution in [2.45, 2.75) is 31.3 Å². The van der Waals surface area contributed by atoms with E-state index in [-0.39, 0.29) is 17.1 Å². The lowest BCUT2D eigenvalue weighted by molar-refractivity contribution is -0.113. The van der Waals surface area contributed by atoms with Crippen LogP contribution in [0, 0.1) is 0 Å². The molecule has 0 fully saturated rings. The SMILES string of the molecule is CC(C)(C)c1ccccc1NC(=O)CSc1nnc(-c2cccc(Cl)c2)n1N. The second kappa shape index (κ2) is 8.24. The fourth-order valence-electron chi connectivity index (χ4n) is 2.76. The van der Waals surface area contributed by atoms with Crippen molar-refractivity contribution in [3.63, 3.8) is 0 Å². The first kappa shape index (κ1) is 20.2. The summed E-state index contributed by atoms with van der Waals surface area (Å²) in [7, 11) is 0. The smallest absolute Gasteiger partial charge is 0.234 e. The first-order chi connectivity index (χ1) is 13.3. The Kier molecular flexibility index (Phi) is 5.96. The molecular formula is C20H22ClN5OS. The number of thioether (sulfide) groups is 1. The Balaban J connectivity index is 1.68. The molecule has 0 saturated carbocycles. The minimum absolute atomic E-state index is 0.0691. The minimum atomic E-state index is -0.131. The number of hydrogen-bond donors (Lipinski definition) is 2. The van der Waals surface area contributed by atoms with E-state index in [4.69, 9.17) is 17.4 Å². The first-order valence-corrected chi connectivity index (χ1v) is 10.1. The van der Waals surface area contributed by atoms with Crippen LogP contribution in [0.3, 0.4) is 0 Å². The number of nitrogen functional groups attached to an aromatic ring is 1. The average Bonchev–Trinajstić information content (AvgIpc) is 3.00. The molecular weight excluding hydrogens is 394 g/mol. The van der Waals surface area contributed by atoms with Crippen molar-refractivity contribution in [3.05, 3.63) is 59.1 Å². The van der Waals surface area contributed by atoms with E-state index in [0.29, 0.717) is 16.0 Å². The summed E-state index contributed by atoms with van der Waals surface area (Å²) in [6, 6.07) is 15.0. The molecule has 0 atom stereocenters. The lowest BCUT2D eigenvalue weighted by atomic mass is 9.86. The monoisotopic (exact) mass is 415 g/mol. The molecule has 3 rings (SSSR count). The largest absolute Gasteiger partial charge is 0.335 e. The summed E-state index contributed by atoms with van der Waals surface area (Å²) in [5.74, 6) is 6.63. The maximum Gasteiger partial charge on any atom is 0.234 e. The van der Waals surface area contributed by atoms with Crippen LogP contribution in [0.5, 0.6) is 0 Å². The van der Waals surface area contributed by atoms with Crippen LogP contribution in [-0.4, -0.2) is 26.5 Å². The van der Waals surface area contributed by atoms with Crippen molar-refractivity contribution < 1.29 is 4.79 Å². The average molecular weight is 416 g/mol. The molecule has 0 bridgehead atoms. The molecule has 0 aliphatic rings. The predicted octanol–water partition coefficient (Wildman–Crippen LogP) is 4.34. The predicted molar refractivity (Wildman–Crippen MR) is 115 cm³/mol.